The molecule has 2 fully saturated rings. The van der Waals surface area contributed by atoms with Crippen LogP contribution in [-0.4, -0.2) is 87.9 Å². The quantitative estimate of drug-likeness (QED) is 0.202. The molecule has 0 aliphatic carbocycles. The smallest absolute Gasteiger partial charge is 0.244 e. The standard InChI is InChI=1S/C25H40N4O3.HI/c1-3-26-25(29-14-11-23(19-29)20-32-16-15-31-2)27-18-24(30)28-12-9-22(10-13-28)17-21-7-5-4-6-8-21;/h4-8,22-23H,3,9-20H2,1-2H3,(H,26,27);1H. The zero-order valence-corrected chi connectivity index (χ0v) is 22.5. The topological polar surface area (TPSA) is 66.4 Å². The number of hydrogen-bond donors (Lipinski definition) is 1. The lowest BCUT2D eigenvalue weighted by atomic mass is 9.90. The molecule has 3 rings (SSSR count). The van der Waals surface area contributed by atoms with Crippen LogP contribution in [0.15, 0.2) is 35.3 Å². The Balaban J connectivity index is 0.00000385. The van der Waals surface area contributed by atoms with Crippen LogP contribution in [0.5, 0.6) is 0 Å². The molecule has 1 aromatic rings. The Kier molecular flexibility index (Phi) is 13.1. The zero-order chi connectivity index (χ0) is 22.6. The van der Waals surface area contributed by atoms with Gasteiger partial charge in [0.25, 0.3) is 0 Å². The number of carbonyl (C=O) groups excluding carboxylic acids is 1. The Bertz CT molecular complexity index is 711. The van der Waals surface area contributed by atoms with Crippen LogP contribution in [0.2, 0.25) is 0 Å². The second-order valence-electron chi connectivity index (χ2n) is 8.85. The molecule has 2 aliphatic rings. The zero-order valence-electron chi connectivity index (χ0n) is 20.2. The maximum atomic E-state index is 12.8. The fraction of sp³-hybridized carbons (Fsp3) is 0.680. The molecule has 1 N–H and O–H groups in total. The molecule has 1 amide bonds. The van der Waals surface area contributed by atoms with Gasteiger partial charge in [-0.2, -0.15) is 0 Å². The number of likely N-dealkylation sites (tertiary alicyclic amines) is 2. The van der Waals surface area contributed by atoms with E-state index in [-0.39, 0.29) is 36.4 Å². The van der Waals surface area contributed by atoms with E-state index in [4.69, 9.17) is 9.47 Å². The number of halogens is 1. The first-order valence-electron chi connectivity index (χ1n) is 12.1. The maximum absolute atomic E-state index is 12.8. The summed E-state index contributed by atoms with van der Waals surface area (Å²) in [7, 11) is 1.69. The number of hydrogen-bond acceptors (Lipinski definition) is 4. The second kappa shape index (κ2) is 15.5. The summed E-state index contributed by atoms with van der Waals surface area (Å²) in [4.78, 5) is 21.7. The second-order valence-corrected chi connectivity index (χ2v) is 8.85. The average molecular weight is 573 g/mol. The molecule has 0 saturated carbocycles. The van der Waals surface area contributed by atoms with Crippen LogP contribution in [0, 0.1) is 11.8 Å². The first-order valence-corrected chi connectivity index (χ1v) is 12.1. The number of amides is 1. The van der Waals surface area contributed by atoms with Gasteiger partial charge in [0, 0.05) is 45.8 Å². The van der Waals surface area contributed by atoms with Gasteiger partial charge >= 0.3 is 0 Å². The molecule has 7 nitrogen and oxygen atoms in total. The van der Waals surface area contributed by atoms with Crippen molar-refractivity contribution in [2.45, 2.75) is 32.6 Å². The van der Waals surface area contributed by atoms with Crippen molar-refractivity contribution in [2.24, 2.45) is 16.8 Å². The Hall–Kier alpha value is -1.39. The lowest BCUT2D eigenvalue weighted by Gasteiger charge is -2.32. The average Bonchev–Trinajstić information content (AvgIpc) is 3.29. The number of aliphatic imine (C=N–C) groups is 1. The van der Waals surface area contributed by atoms with Gasteiger partial charge in [0.1, 0.15) is 6.54 Å². The third-order valence-electron chi connectivity index (χ3n) is 6.40. The summed E-state index contributed by atoms with van der Waals surface area (Å²) in [6.45, 7) is 8.64. The van der Waals surface area contributed by atoms with Crippen LogP contribution in [0.25, 0.3) is 0 Å². The molecule has 186 valence electrons. The highest BCUT2D eigenvalue weighted by Crippen LogP contribution is 2.22. The van der Waals surface area contributed by atoms with Gasteiger partial charge in [-0.25, -0.2) is 4.99 Å². The SMILES string of the molecule is CCNC(=NCC(=O)N1CCC(Cc2ccccc2)CC1)N1CCC(COCCOC)C1.I. The van der Waals surface area contributed by atoms with Crippen molar-refractivity contribution in [3.05, 3.63) is 35.9 Å². The predicted molar refractivity (Wildman–Crippen MR) is 143 cm³/mol. The van der Waals surface area contributed by atoms with Crippen molar-refractivity contribution >= 4 is 35.8 Å². The summed E-state index contributed by atoms with van der Waals surface area (Å²) in [5.74, 6) is 2.14. The van der Waals surface area contributed by atoms with Crippen LogP contribution >= 0.6 is 24.0 Å². The van der Waals surface area contributed by atoms with Crippen molar-refractivity contribution in [1.82, 2.24) is 15.1 Å². The molecule has 2 saturated heterocycles. The summed E-state index contributed by atoms with van der Waals surface area (Å²) in [5, 5.41) is 3.36. The van der Waals surface area contributed by atoms with Gasteiger partial charge in [-0.05, 0) is 44.1 Å². The minimum Gasteiger partial charge on any atom is -0.382 e. The molecule has 2 aliphatic heterocycles. The lowest BCUT2D eigenvalue weighted by molar-refractivity contribution is -0.131. The van der Waals surface area contributed by atoms with E-state index in [2.05, 4.69) is 52.5 Å². The fourth-order valence-corrected chi connectivity index (χ4v) is 4.56. The van der Waals surface area contributed by atoms with Crippen molar-refractivity contribution in [3.63, 3.8) is 0 Å². The van der Waals surface area contributed by atoms with Gasteiger partial charge in [-0.15, -0.1) is 24.0 Å². The number of nitrogens with zero attached hydrogens (tertiary/aromatic N) is 3. The van der Waals surface area contributed by atoms with E-state index in [1.807, 2.05) is 4.90 Å². The fourth-order valence-electron chi connectivity index (χ4n) is 4.56. The molecule has 0 bridgehead atoms. The molecule has 1 unspecified atom stereocenters. The number of nitrogens with one attached hydrogen (secondary N) is 1. The monoisotopic (exact) mass is 572 g/mol. The highest BCUT2D eigenvalue weighted by molar-refractivity contribution is 14.0. The van der Waals surface area contributed by atoms with Crippen LogP contribution in [0.3, 0.4) is 0 Å². The predicted octanol–water partition coefficient (Wildman–Crippen LogP) is 3.04. The number of guanidine groups is 1. The van der Waals surface area contributed by atoms with E-state index in [0.717, 1.165) is 71.0 Å². The molecule has 0 aromatic heterocycles. The molecule has 0 spiro atoms. The molecule has 2 heterocycles. The van der Waals surface area contributed by atoms with Gasteiger partial charge < -0.3 is 24.6 Å². The van der Waals surface area contributed by atoms with Crippen LogP contribution < -0.4 is 5.32 Å². The summed E-state index contributed by atoms with van der Waals surface area (Å²) in [6.07, 6.45) is 4.33. The largest absolute Gasteiger partial charge is 0.382 e. The number of piperidine rings is 1. The Morgan fingerprint density at radius 1 is 1.06 bits per heavy atom. The number of methoxy groups -OCH3 is 1. The van der Waals surface area contributed by atoms with Gasteiger partial charge in [-0.3, -0.25) is 4.79 Å². The highest BCUT2D eigenvalue weighted by atomic mass is 127. The van der Waals surface area contributed by atoms with Crippen LogP contribution in [-0.2, 0) is 20.7 Å². The Labute approximate surface area is 216 Å². The van der Waals surface area contributed by atoms with Crippen LogP contribution in [0.1, 0.15) is 31.7 Å². The minimum atomic E-state index is 0. The Morgan fingerprint density at radius 3 is 2.45 bits per heavy atom. The van der Waals surface area contributed by atoms with E-state index < -0.39 is 0 Å². The summed E-state index contributed by atoms with van der Waals surface area (Å²) < 4.78 is 10.7. The molecule has 8 heteroatoms. The Morgan fingerprint density at radius 2 is 1.76 bits per heavy atom. The molecule has 33 heavy (non-hydrogen) atoms. The van der Waals surface area contributed by atoms with Gasteiger partial charge in [0.05, 0.1) is 19.8 Å². The summed E-state index contributed by atoms with van der Waals surface area (Å²) in [5.41, 5.74) is 1.39. The molecule has 0 radical (unpaired) electrons. The first-order chi connectivity index (χ1) is 15.7. The first kappa shape index (κ1) is 27.9. The summed E-state index contributed by atoms with van der Waals surface area (Å²) >= 11 is 0. The lowest BCUT2D eigenvalue weighted by Crippen LogP contribution is -2.43. The van der Waals surface area contributed by atoms with Crippen molar-refractivity contribution in [3.8, 4) is 0 Å². The normalized spacial score (nSPS) is 19.5. The highest BCUT2D eigenvalue weighted by Gasteiger charge is 2.26. The number of benzene rings is 1. The number of ether oxygens (including phenoxy) is 2. The van der Waals surface area contributed by atoms with Crippen molar-refractivity contribution < 1.29 is 14.3 Å². The van der Waals surface area contributed by atoms with E-state index in [1.165, 1.54) is 5.56 Å². The third kappa shape index (κ3) is 9.41. The van der Waals surface area contributed by atoms with E-state index in [9.17, 15) is 4.79 Å². The van der Waals surface area contributed by atoms with Gasteiger partial charge in [0.15, 0.2) is 5.96 Å². The van der Waals surface area contributed by atoms with E-state index >= 15 is 0 Å². The van der Waals surface area contributed by atoms with Crippen molar-refractivity contribution in [2.75, 3.05) is 66.2 Å². The molecular formula is C25H41IN4O3. The van der Waals surface area contributed by atoms with Gasteiger partial charge in [-0.1, -0.05) is 30.3 Å². The molecular weight excluding hydrogens is 531 g/mol. The summed E-state index contributed by atoms with van der Waals surface area (Å²) in [6, 6.07) is 10.7. The van der Waals surface area contributed by atoms with E-state index in [0.29, 0.717) is 25.0 Å². The number of carbonyl (C=O) groups is 1. The van der Waals surface area contributed by atoms with Crippen LogP contribution in [0.4, 0.5) is 0 Å². The number of rotatable bonds is 10. The van der Waals surface area contributed by atoms with Crippen molar-refractivity contribution in [1.29, 1.82) is 0 Å². The molecule has 1 aromatic carbocycles. The van der Waals surface area contributed by atoms with Gasteiger partial charge in [0.2, 0.25) is 5.91 Å². The molecule has 1 atom stereocenters. The van der Waals surface area contributed by atoms with E-state index in [1.54, 1.807) is 7.11 Å². The maximum Gasteiger partial charge on any atom is 0.244 e. The third-order valence-corrected chi connectivity index (χ3v) is 6.40. The minimum absolute atomic E-state index is 0.